The molecule has 0 aromatic heterocycles. The molecule has 6 heteroatoms. The third kappa shape index (κ3) is 4.86. The number of rotatable bonds is 7. The number of hydrogen-bond acceptors (Lipinski definition) is 5. The number of aliphatic hydroxyl groups excluding tert-OH is 2. The number of carboxylic acids is 1. The summed E-state index contributed by atoms with van der Waals surface area (Å²) < 4.78 is 0. The lowest BCUT2D eigenvalue weighted by atomic mass is 9.84. The van der Waals surface area contributed by atoms with Crippen LogP contribution in [0, 0.1) is 23.7 Å². The number of aliphatic carboxylic acids is 1. The van der Waals surface area contributed by atoms with Crippen molar-refractivity contribution in [3.63, 3.8) is 0 Å². The number of carbonyl (C=O) groups is 1. The summed E-state index contributed by atoms with van der Waals surface area (Å²) in [6, 6.07) is 0. The van der Waals surface area contributed by atoms with Crippen molar-refractivity contribution in [2.45, 2.75) is 70.0 Å². The maximum atomic E-state index is 10.5. The average Bonchev–Trinajstić information content (AvgIpc) is 3.14. The average molecular weight is 365 g/mol. The maximum Gasteiger partial charge on any atom is 0.306 e. The van der Waals surface area contributed by atoms with Crippen LogP contribution in [-0.2, 0) is 9.63 Å². The Bertz CT molecular complexity index is 540. The van der Waals surface area contributed by atoms with E-state index in [4.69, 9.17) is 9.94 Å². The van der Waals surface area contributed by atoms with Crippen LogP contribution in [0.3, 0.4) is 0 Å². The Kier molecular flexibility index (Phi) is 6.70. The highest BCUT2D eigenvalue weighted by molar-refractivity contribution is 5.86. The second kappa shape index (κ2) is 9.00. The first-order valence-corrected chi connectivity index (χ1v) is 9.98. The van der Waals surface area contributed by atoms with Crippen molar-refractivity contribution in [1.29, 1.82) is 0 Å². The molecule has 26 heavy (non-hydrogen) atoms. The number of carboxylic acid groups (broad SMARTS) is 1. The predicted octanol–water partition coefficient (Wildman–Crippen LogP) is 2.74. The van der Waals surface area contributed by atoms with Crippen LogP contribution in [0.15, 0.2) is 17.3 Å². The Morgan fingerprint density at radius 3 is 2.77 bits per heavy atom. The lowest BCUT2D eigenvalue weighted by Gasteiger charge is -2.25. The van der Waals surface area contributed by atoms with E-state index in [9.17, 15) is 15.0 Å². The fourth-order valence-electron chi connectivity index (χ4n) is 4.93. The topological polar surface area (TPSA) is 99.4 Å². The van der Waals surface area contributed by atoms with E-state index >= 15 is 0 Å². The van der Waals surface area contributed by atoms with Gasteiger partial charge in [0.15, 0.2) is 0 Å². The standard InChI is InChI=1S/C20H31NO5/c22-18(13-4-2-1-3-5-13)7-6-16-17-12-15(10-14(17)11-19(16)23)21-26-9-8-20(24)25/h6-7,13-14,16-19,22-23H,1-5,8-12H2,(H,24,25)/t14-,16+,17+,18?,19+/m0/s1. The van der Waals surface area contributed by atoms with E-state index in [1.54, 1.807) is 0 Å². The summed E-state index contributed by atoms with van der Waals surface area (Å²) in [5.74, 6) is 0.260. The van der Waals surface area contributed by atoms with Gasteiger partial charge in [-0.05, 0) is 49.9 Å². The van der Waals surface area contributed by atoms with Crippen LogP contribution >= 0.6 is 0 Å². The summed E-state index contributed by atoms with van der Waals surface area (Å²) in [6.07, 6.45) is 11.3. The van der Waals surface area contributed by atoms with Gasteiger partial charge in [0.2, 0.25) is 0 Å². The summed E-state index contributed by atoms with van der Waals surface area (Å²) in [7, 11) is 0. The van der Waals surface area contributed by atoms with Gasteiger partial charge in [-0.1, -0.05) is 36.6 Å². The van der Waals surface area contributed by atoms with Crippen LogP contribution in [0.4, 0.5) is 0 Å². The van der Waals surface area contributed by atoms with E-state index in [0.29, 0.717) is 17.8 Å². The van der Waals surface area contributed by atoms with E-state index < -0.39 is 12.1 Å². The van der Waals surface area contributed by atoms with E-state index in [1.165, 1.54) is 19.3 Å². The molecule has 3 N–H and O–H groups in total. The summed E-state index contributed by atoms with van der Waals surface area (Å²) >= 11 is 0. The minimum atomic E-state index is -0.890. The van der Waals surface area contributed by atoms with E-state index in [-0.39, 0.29) is 25.0 Å². The van der Waals surface area contributed by atoms with Crippen molar-refractivity contribution in [1.82, 2.24) is 0 Å². The molecule has 3 aliphatic carbocycles. The van der Waals surface area contributed by atoms with Crippen molar-refractivity contribution in [3.05, 3.63) is 12.2 Å². The number of oxime groups is 1. The summed E-state index contributed by atoms with van der Waals surface area (Å²) in [5.41, 5.74) is 0.962. The molecule has 0 aromatic rings. The molecule has 0 heterocycles. The highest BCUT2D eigenvalue weighted by Crippen LogP contribution is 2.47. The summed E-state index contributed by atoms with van der Waals surface area (Å²) in [6.45, 7) is 0.0910. The minimum Gasteiger partial charge on any atom is -0.481 e. The molecule has 0 radical (unpaired) electrons. The highest BCUT2D eigenvalue weighted by Gasteiger charge is 2.46. The van der Waals surface area contributed by atoms with Gasteiger partial charge < -0.3 is 20.2 Å². The van der Waals surface area contributed by atoms with Crippen LogP contribution in [0.1, 0.15) is 57.8 Å². The normalized spacial score (nSPS) is 35.1. The van der Waals surface area contributed by atoms with Crippen LogP contribution in [0.25, 0.3) is 0 Å². The Hall–Kier alpha value is -1.40. The zero-order valence-electron chi connectivity index (χ0n) is 15.3. The van der Waals surface area contributed by atoms with E-state index in [1.807, 2.05) is 12.2 Å². The lowest BCUT2D eigenvalue weighted by Crippen LogP contribution is -2.22. The van der Waals surface area contributed by atoms with Crippen molar-refractivity contribution in [2.75, 3.05) is 6.61 Å². The molecule has 1 unspecified atom stereocenters. The van der Waals surface area contributed by atoms with Gasteiger partial charge in [0.25, 0.3) is 0 Å². The molecule has 0 amide bonds. The predicted molar refractivity (Wildman–Crippen MR) is 97.7 cm³/mol. The first kappa shape index (κ1) is 19.4. The van der Waals surface area contributed by atoms with E-state index in [2.05, 4.69) is 5.16 Å². The van der Waals surface area contributed by atoms with Crippen LogP contribution in [0.2, 0.25) is 0 Å². The number of fused-ring (bicyclic) bond motifs is 1. The monoisotopic (exact) mass is 365 g/mol. The van der Waals surface area contributed by atoms with Crippen molar-refractivity contribution < 1.29 is 25.0 Å². The largest absolute Gasteiger partial charge is 0.481 e. The van der Waals surface area contributed by atoms with Gasteiger partial charge in [0, 0.05) is 5.92 Å². The number of hydrogen-bond donors (Lipinski definition) is 3. The van der Waals surface area contributed by atoms with Crippen molar-refractivity contribution in [2.24, 2.45) is 28.8 Å². The molecule has 3 saturated carbocycles. The molecule has 0 saturated heterocycles. The van der Waals surface area contributed by atoms with Gasteiger partial charge in [0.1, 0.15) is 6.61 Å². The molecular formula is C20H31NO5. The van der Waals surface area contributed by atoms with Crippen molar-refractivity contribution >= 4 is 11.7 Å². The Labute approximate surface area is 154 Å². The Morgan fingerprint density at radius 1 is 1.27 bits per heavy atom. The third-order valence-electron chi connectivity index (χ3n) is 6.32. The molecule has 3 fully saturated rings. The molecule has 3 rings (SSSR count). The van der Waals surface area contributed by atoms with E-state index in [0.717, 1.165) is 37.8 Å². The molecule has 146 valence electrons. The smallest absolute Gasteiger partial charge is 0.306 e. The zero-order chi connectivity index (χ0) is 18.5. The molecule has 5 atom stereocenters. The summed E-state index contributed by atoms with van der Waals surface area (Å²) in [4.78, 5) is 15.6. The van der Waals surface area contributed by atoms with Crippen LogP contribution < -0.4 is 0 Å². The summed E-state index contributed by atoms with van der Waals surface area (Å²) in [5, 5.41) is 33.6. The molecular weight excluding hydrogens is 334 g/mol. The second-order valence-corrected chi connectivity index (χ2v) is 8.12. The molecule has 0 bridgehead atoms. The van der Waals surface area contributed by atoms with Gasteiger partial charge in [-0.15, -0.1) is 0 Å². The van der Waals surface area contributed by atoms with Gasteiger partial charge in [-0.25, -0.2) is 0 Å². The first-order chi connectivity index (χ1) is 12.5. The fraction of sp³-hybridized carbons (Fsp3) is 0.800. The van der Waals surface area contributed by atoms with Crippen molar-refractivity contribution in [3.8, 4) is 0 Å². The van der Waals surface area contributed by atoms with Crippen LogP contribution in [-0.4, -0.2) is 45.8 Å². The first-order valence-electron chi connectivity index (χ1n) is 9.98. The second-order valence-electron chi connectivity index (χ2n) is 8.12. The van der Waals surface area contributed by atoms with Gasteiger partial charge in [-0.3, -0.25) is 4.79 Å². The maximum absolute atomic E-state index is 10.5. The number of aliphatic hydroxyl groups is 2. The van der Waals surface area contributed by atoms with Gasteiger partial charge >= 0.3 is 5.97 Å². The number of nitrogens with zero attached hydrogens (tertiary/aromatic N) is 1. The van der Waals surface area contributed by atoms with Gasteiger partial charge in [-0.2, -0.15) is 0 Å². The Morgan fingerprint density at radius 2 is 2.04 bits per heavy atom. The fourth-order valence-corrected chi connectivity index (χ4v) is 4.93. The third-order valence-corrected chi connectivity index (χ3v) is 6.32. The zero-order valence-corrected chi connectivity index (χ0v) is 15.3. The Balaban J connectivity index is 1.52. The SMILES string of the molecule is O=C(O)CCON=C1C[C@H]2C[C@@H](O)[C@H](C=CC(O)C3CCCCC3)[C@@H]2C1. The highest BCUT2D eigenvalue weighted by atomic mass is 16.6. The molecule has 0 aliphatic heterocycles. The quantitative estimate of drug-likeness (QED) is 0.366. The molecule has 3 aliphatic rings. The van der Waals surface area contributed by atoms with Crippen LogP contribution in [0.5, 0.6) is 0 Å². The van der Waals surface area contributed by atoms with Gasteiger partial charge in [0.05, 0.1) is 24.3 Å². The molecule has 0 aromatic carbocycles. The molecule has 0 spiro atoms. The minimum absolute atomic E-state index is 0.0488. The lowest BCUT2D eigenvalue weighted by molar-refractivity contribution is -0.138. The molecule has 6 nitrogen and oxygen atoms in total.